The summed E-state index contributed by atoms with van der Waals surface area (Å²) >= 11 is 1.39. The lowest BCUT2D eigenvalue weighted by Crippen LogP contribution is -2.51. The smallest absolute Gasteiger partial charge is 0.409 e. The molecule has 0 spiro atoms. The van der Waals surface area contributed by atoms with Crippen molar-refractivity contribution in [3.05, 3.63) is 42.5 Å². The number of carbonyl (C=O) groups is 2. The van der Waals surface area contributed by atoms with Gasteiger partial charge in [0.2, 0.25) is 5.91 Å². The van der Waals surface area contributed by atoms with E-state index in [1.165, 1.54) is 30.2 Å². The predicted octanol–water partition coefficient (Wildman–Crippen LogP) is 2.34. The van der Waals surface area contributed by atoms with E-state index in [4.69, 9.17) is 4.74 Å². The topological polar surface area (TPSA) is 82.1 Å². The molecule has 3 heterocycles. The maximum atomic E-state index is 13.2. The highest BCUT2D eigenvalue weighted by Gasteiger charge is 2.25. The number of rotatable bonds is 6. The fraction of sp³-hybridized carbons (Fsp3) is 0.478. The Morgan fingerprint density at radius 2 is 1.59 bits per heavy atom. The zero-order chi connectivity index (χ0) is 23.9. The first-order chi connectivity index (χ1) is 16.5. The van der Waals surface area contributed by atoms with Gasteiger partial charge in [0.15, 0.2) is 0 Å². The van der Waals surface area contributed by atoms with Crippen LogP contribution in [0.5, 0.6) is 0 Å². The fourth-order valence-electron chi connectivity index (χ4n) is 4.01. The van der Waals surface area contributed by atoms with Gasteiger partial charge in [0, 0.05) is 64.1 Å². The van der Waals surface area contributed by atoms with Crippen molar-refractivity contribution in [2.24, 2.45) is 0 Å². The van der Waals surface area contributed by atoms with Gasteiger partial charge in [-0.3, -0.25) is 4.79 Å². The number of piperazine rings is 2. The lowest BCUT2D eigenvalue weighted by atomic mass is 10.2. The molecule has 0 saturated carbocycles. The molecule has 34 heavy (non-hydrogen) atoms. The van der Waals surface area contributed by atoms with Gasteiger partial charge in [-0.15, -0.1) is 0 Å². The number of aromatic nitrogens is 2. The second kappa shape index (κ2) is 11.4. The van der Waals surface area contributed by atoms with Gasteiger partial charge in [0.25, 0.3) is 0 Å². The SMILES string of the molecule is CCOC(=O)N1CCN(C(=O)CSc2cc(N3CCN(c4ccc(F)cc4)CC3)ncn2)CC1. The zero-order valence-electron chi connectivity index (χ0n) is 19.2. The molecule has 11 heteroatoms. The van der Waals surface area contributed by atoms with E-state index < -0.39 is 0 Å². The van der Waals surface area contributed by atoms with Crippen molar-refractivity contribution in [1.29, 1.82) is 0 Å². The number of halogens is 1. The standard InChI is InChI=1S/C23H29FN6O3S/c1-2-33-23(32)30-13-11-29(12-14-30)22(31)16-34-21-15-20(25-17-26-21)28-9-7-27(8-10-28)19-5-3-18(24)4-6-19/h3-6,15,17H,2,7-14,16H2,1H3. The first-order valence-electron chi connectivity index (χ1n) is 11.4. The van der Waals surface area contributed by atoms with Gasteiger partial charge in [0.1, 0.15) is 23.0 Å². The van der Waals surface area contributed by atoms with Crippen molar-refractivity contribution in [3.8, 4) is 0 Å². The average Bonchev–Trinajstić information content (AvgIpc) is 2.88. The summed E-state index contributed by atoms with van der Waals surface area (Å²) in [6.45, 7) is 7.32. The predicted molar refractivity (Wildman–Crippen MR) is 129 cm³/mol. The highest BCUT2D eigenvalue weighted by atomic mass is 32.2. The molecule has 0 radical (unpaired) electrons. The lowest BCUT2D eigenvalue weighted by Gasteiger charge is -2.36. The minimum atomic E-state index is -0.323. The number of thioether (sulfide) groups is 1. The van der Waals surface area contributed by atoms with E-state index in [0.29, 0.717) is 32.8 Å². The Balaban J connectivity index is 1.24. The Morgan fingerprint density at radius 1 is 0.941 bits per heavy atom. The van der Waals surface area contributed by atoms with Crippen molar-refractivity contribution < 1.29 is 18.7 Å². The first-order valence-corrected chi connectivity index (χ1v) is 12.4. The second-order valence-corrected chi connectivity index (χ2v) is 9.02. The molecule has 2 fully saturated rings. The summed E-state index contributed by atoms with van der Waals surface area (Å²) < 4.78 is 18.2. The summed E-state index contributed by atoms with van der Waals surface area (Å²) in [5.41, 5.74) is 1.02. The molecule has 2 aliphatic rings. The highest BCUT2D eigenvalue weighted by Crippen LogP contribution is 2.23. The third-order valence-corrected chi connectivity index (χ3v) is 6.84. The molecule has 1 aromatic heterocycles. The number of hydrogen-bond donors (Lipinski definition) is 0. The molecule has 9 nitrogen and oxygen atoms in total. The van der Waals surface area contributed by atoms with E-state index in [1.54, 1.807) is 28.9 Å². The van der Waals surface area contributed by atoms with Crippen LogP contribution in [0.4, 0.5) is 20.7 Å². The molecule has 0 N–H and O–H groups in total. The number of benzene rings is 1. The molecule has 2 aliphatic heterocycles. The molecule has 2 aromatic rings. The Morgan fingerprint density at radius 3 is 2.26 bits per heavy atom. The minimum absolute atomic E-state index is 0.0292. The summed E-state index contributed by atoms with van der Waals surface area (Å²) in [6, 6.07) is 8.49. The van der Waals surface area contributed by atoms with Gasteiger partial charge in [-0.25, -0.2) is 19.2 Å². The summed E-state index contributed by atoms with van der Waals surface area (Å²) in [7, 11) is 0. The zero-order valence-corrected chi connectivity index (χ0v) is 20.0. The van der Waals surface area contributed by atoms with Gasteiger partial charge < -0.3 is 24.3 Å². The second-order valence-electron chi connectivity index (χ2n) is 8.02. The van der Waals surface area contributed by atoms with Crippen LogP contribution >= 0.6 is 11.8 Å². The van der Waals surface area contributed by atoms with Gasteiger partial charge in [0.05, 0.1) is 12.4 Å². The molecule has 182 valence electrons. The van der Waals surface area contributed by atoms with Gasteiger partial charge in [-0.05, 0) is 31.2 Å². The van der Waals surface area contributed by atoms with Crippen molar-refractivity contribution in [2.45, 2.75) is 11.9 Å². The Labute approximate surface area is 202 Å². The molecule has 2 amide bonds. The van der Waals surface area contributed by atoms with E-state index in [2.05, 4.69) is 19.8 Å². The highest BCUT2D eigenvalue weighted by molar-refractivity contribution is 7.99. The molecule has 2 saturated heterocycles. The Kier molecular flexibility index (Phi) is 8.04. The van der Waals surface area contributed by atoms with E-state index in [0.717, 1.165) is 42.7 Å². The normalized spacial score (nSPS) is 16.5. The molecule has 4 rings (SSSR count). The quantitative estimate of drug-likeness (QED) is 0.453. The van der Waals surface area contributed by atoms with E-state index in [-0.39, 0.29) is 23.6 Å². The lowest BCUT2D eigenvalue weighted by molar-refractivity contribution is -0.129. The number of anilines is 2. The molecule has 0 bridgehead atoms. The third kappa shape index (κ3) is 6.07. The van der Waals surface area contributed by atoms with E-state index >= 15 is 0 Å². The largest absolute Gasteiger partial charge is 0.450 e. The van der Waals surface area contributed by atoms with Crippen LogP contribution < -0.4 is 9.80 Å². The maximum Gasteiger partial charge on any atom is 0.409 e. The van der Waals surface area contributed by atoms with Crippen LogP contribution in [0.25, 0.3) is 0 Å². The third-order valence-electron chi connectivity index (χ3n) is 5.92. The molecule has 0 atom stereocenters. The summed E-state index contributed by atoms with van der Waals surface area (Å²) in [6.07, 6.45) is 1.21. The number of carbonyl (C=O) groups excluding carboxylic acids is 2. The van der Waals surface area contributed by atoms with Crippen LogP contribution in [0.15, 0.2) is 41.7 Å². The van der Waals surface area contributed by atoms with Crippen LogP contribution in [0.3, 0.4) is 0 Å². The monoisotopic (exact) mass is 488 g/mol. The number of nitrogens with zero attached hydrogens (tertiary/aromatic N) is 6. The molecule has 0 unspecified atom stereocenters. The summed E-state index contributed by atoms with van der Waals surface area (Å²) in [5.74, 6) is 0.924. The first kappa shape index (κ1) is 24.1. The van der Waals surface area contributed by atoms with Crippen LogP contribution in [0.2, 0.25) is 0 Å². The molecular weight excluding hydrogens is 459 g/mol. The molecule has 1 aromatic carbocycles. The van der Waals surface area contributed by atoms with Gasteiger partial charge in [-0.1, -0.05) is 11.8 Å². The number of amides is 2. The van der Waals surface area contributed by atoms with Crippen molar-refractivity contribution in [3.63, 3.8) is 0 Å². The summed E-state index contributed by atoms with van der Waals surface area (Å²) in [5, 5.41) is 0.754. The van der Waals surface area contributed by atoms with E-state index in [9.17, 15) is 14.0 Å². The minimum Gasteiger partial charge on any atom is -0.450 e. The van der Waals surface area contributed by atoms with Crippen LogP contribution in [0, 0.1) is 5.82 Å². The molecule has 0 aliphatic carbocycles. The molecular formula is C23H29FN6O3S. The van der Waals surface area contributed by atoms with Gasteiger partial charge in [-0.2, -0.15) is 0 Å². The van der Waals surface area contributed by atoms with Gasteiger partial charge >= 0.3 is 6.09 Å². The van der Waals surface area contributed by atoms with Crippen molar-refractivity contribution >= 4 is 35.3 Å². The van der Waals surface area contributed by atoms with Crippen LogP contribution in [-0.2, 0) is 9.53 Å². The maximum absolute atomic E-state index is 13.2. The van der Waals surface area contributed by atoms with Crippen molar-refractivity contribution in [1.82, 2.24) is 19.8 Å². The van der Waals surface area contributed by atoms with Crippen LogP contribution in [-0.4, -0.2) is 96.5 Å². The van der Waals surface area contributed by atoms with E-state index in [1.807, 2.05) is 6.07 Å². The Hall–Kier alpha value is -3.08. The van der Waals surface area contributed by atoms with Crippen molar-refractivity contribution in [2.75, 3.05) is 74.5 Å². The number of hydrogen-bond acceptors (Lipinski definition) is 8. The van der Waals surface area contributed by atoms with Crippen LogP contribution in [0.1, 0.15) is 6.92 Å². The number of ether oxygens (including phenoxy) is 1. The summed E-state index contributed by atoms with van der Waals surface area (Å²) in [4.78, 5) is 41.0. The average molecular weight is 489 g/mol. The fourth-order valence-corrected chi connectivity index (χ4v) is 4.77. The Bertz CT molecular complexity index is 979.